The minimum atomic E-state index is -0.132. The van der Waals surface area contributed by atoms with Crippen molar-refractivity contribution in [3.05, 3.63) is 42.0 Å². The van der Waals surface area contributed by atoms with E-state index in [-0.39, 0.29) is 41.6 Å². The topological polar surface area (TPSA) is 83.0 Å². The van der Waals surface area contributed by atoms with E-state index in [1.54, 1.807) is 7.05 Å². The predicted molar refractivity (Wildman–Crippen MR) is 115 cm³/mol. The Morgan fingerprint density at radius 2 is 1.73 bits per heavy atom. The lowest BCUT2D eigenvalue weighted by Gasteiger charge is -2.18. The Morgan fingerprint density at radius 1 is 1.10 bits per heavy atom. The van der Waals surface area contributed by atoms with Crippen LogP contribution < -0.4 is 15.4 Å². The molecule has 0 aromatic heterocycles. The van der Waals surface area contributed by atoms with Gasteiger partial charge < -0.3 is 15.4 Å². The third-order valence-corrected chi connectivity index (χ3v) is 6.17. The molecule has 1 aromatic rings. The molecule has 30 heavy (non-hydrogen) atoms. The Labute approximate surface area is 177 Å². The molecule has 160 valence electrons. The van der Waals surface area contributed by atoms with Crippen molar-refractivity contribution in [1.29, 1.82) is 0 Å². The van der Waals surface area contributed by atoms with Crippen LogP contribution in [0, 0.1) is 23.7 Å². The van der Waals surface area contributed by atoms with E-state index in [1.165, 1.54) is 4.90 Å². The number of ether oxygens (including phenoxy) is 1. The van der Waals surface area contributed by atoms with Gasteiger partial charge in [0.25, 0.3) is 0 Å². The lowest BCUT2D eigenvalue weighted by atomic mass is 9.85. The number of imide groups is 1. The lowest BCUT2D eigenvalue weighted by molar-refractivity contribution is -0.140. The van der Waals surface area contributed by atoms with Gasteiger partial charge in [0.2, 0.25) is 11.8 Å². The van der Waals surface area contributed by atoms with Crippen molar-refractivity contribution in [3.8, 4) is 5.75 Å². The molecule has 7 nitrogen and oxygen atoms in total. The molecule has 1 aliphatic heterocycles. The molecule has 1 saturated heterocycles. The van der Waals surface area contributed by atoms with Gasteiger partial charge in [0.05, 0.1) is 17.9 Å². The first-order valence-electron chi connectivity index (χ1n) is 10.7. The van der Waals surface area contributed by atoms with Crippen LogP contribution in [-0.2, 0) is 16.1 Å². The maximum Gasteiger partial charge on any atom is 0.233 e. The number of allylic oxidation sites excluding steroid dienone is 2. The predicted octanol–water partition coefficient (Wildman–Crippen LogP) is 1.95. The van der Waals surface area contributed by atoms with Crippen LogP contribution in [0.15, 0.2) is 41.4 Å². The summed E-state index contributed by atoms with van der Waals surface area (Å²) in [6.45, 7) is 5.46. The third-order valence-electron chi connectivity index (χ3n) is 6.17. The van der Waals surface area contributed by atoms with Gasteiger partial charge in [-0.1, -0.05) is 24.3 Å². The maximum atomic E-state index is 12.7. The van der Waals surface area contributed by atoms with Gasteiger partial charge in [0, 0.05) is 26.7 Å². The number of benzene rings is 1. The van der Waals surface area contributed by atoms with Crippen molar-refractivity contribution < 1.29 is 14.3 Å². The molecular weight excluding hydrogens is 380 g/mol. The van der Waals surface area contributed by atoms with Crippen LogP contribution in [0.2, 0.25) is 0 Å². The van der Waals surface area contributed by atoms with Crippen LogP contribution in [0.3, 0.4) is 0 Å². The number of hydrogen-bond acceptors (Lipinski definition) is 4. The Bertz CT molecular complexity index is 832. The summed E-state index contributed by atoms with van der Waals surface area (Å²) >= 11 is 0. The largest absolute Gasteiger partial charge is 0.491 e. The fourth-order valence-corrected chi connectivity index (χ4v) is 4.84. The molecule has 2 aliphatic carbocycles. The number of hydrogen-bond donors (Lipinski definition) is 2. The highest BCUT2D eigenvalue weighted by molar-refractivity contribution is 6.06. The number of likely N-dealkylation sites (tertiary alicyclic amines) is 1. The fourth-order valence-electron chi connectivity index (χ4n) is 4.84. The second-order valence-corrected chi connectivity index (χ2v) is 8.49. The van der Waals surface area contributed by atoms with Gasteiger partial charge in [0.1, 0.15) is 5.75 Å². The zero-order valence-electron chi connectivity index (χ0n) is 17.8. The minimum absolute atomic E-state index is 0.00435. The van der Waals surface area contributed by atoms with Crippen LogP contribution >= 0.6 is 0 Å². The second-order valence-electron chi connectivity index (χ2n) is 8.49. The average molecular weight is 411 g/mol. The van der Waals surface area contributed by atoms with Gasteiger partial charge in [-0.25, -0.2) is 0 Å². The van der Waals surface area contributed by atoms with E-state index in [0.717, 1.165) is 17.7 Å². The molecular formula is C23H30N4O3. The highest BCUT2D eigenvalue weighted by Crippen LogP contribution is 2.52. The molecule has 3 aliphatic rings. The lowest BCUT2D eigenvalue weighted by Crippen LogP contribution is -2.43. The monoisotopic (exact) mass is 410 g/mol. The van der Waals surface area contributed by atoms with E-state index in [0.29, 0.717) is 25.6 Å². The van der Waals surface area contributed by atoms with Crippen molar-refractivity contribution >= 4 is 17.8 Å². The summed E-state index contributed by atoms with van der Waals surface area (Å²) in [6, 6.07) is 7.94. The van der Waals surface area contributed by atoms with Crippen molar-refractivity contribution in [2.75, 3.05) is 20.1 Å². The van der Waals surface area contributed by atoms with E-state index in [2.05, 4.69) is 27.8 Å². The number of carbonyl (C=O) groups is 2. The van der Waals surface area contributed by atoms with Crippen LogP contribution in [0.4, 0.5) is 0 Å². The van der Waals surface area contributed by atoms with Crippen LogP contribution in [0.1, 0.15) is 25.8 Å². The summed E-state index contributed by atoms with van der Waals surface area (Å²) in [6.07, 6.45) is 5.34. The van der Waals surface area contributed by atoms with Crippen LogP contribution in [0.5, 0.6) is 5.75 Å². The van der Waals surface area contributed by atoms with Crippen molar-refractivity contribution in [2.45, 2.75) is 32.9 Å². The number of amides is 2. The molecule has 4 unspecified atom stereocenters. The molecule has 4 atom stereocenters. The molecule has 1 heterocycles. The third kappa shape index (κ3) is 3.93. The Kier molecular flexibility index (Phi) is 5.79. The van der Waals surface area contributed by atoms with Gasteiger partial charge in [-0.3, -0.25) is 19.5 Å². The number of carbonyl (C=O) groups excluding carboxylic acids is 2. The van der Waals surface area contributed by atoms with E-state index < -0.39 is 0 Å². The number of fused-ring (bicyclic) bond motifs is 5. The highest BCUT2D eigenvalue weighted by atomic mass is 16.5. The fraction of sp³-hybridized carbons (Fsp3) is 0.522. The molecule has 0 radical (unpaired) electrons. The standard InChI is InChI=1S/C23H30N4O3/c1-14(2)30-18-8-4-15(5-9-18)13-26-23(24-3)25-10-11-27-21(28)19-16-6-7-17(12-16)20(19)22(27)29/h4-9,14,16-17,19-20H,10-13H2,1-3H3,(H2,24,25,26). The Balaban J connectivity index is 1.24. The van der Waals surface area contributed by atoms with Crippen molar-refractivity contribution in [2.24, 2.45) is 28.7 Å². The van der Waals surface area contributed by atoms with Gasteiger partial charge in [-0.05, 0) is 49.8 Å². The zero-order chi connectivity index (χ0) is 21.3. The number of nitrogens with zero attached hydrogens (tertiary/aromatic N) is 2. The Morgan fingerprint density at radius 3 is 2.30 bits per heavy atom. The quantitative estimate of drug-likeness (QED) is 0.311. The number of aliphatic imine (C=N–C) groups is 1. The molecule has 2 fully saturated rings. The van der Waals surface area contributed by atoms with Crippen LogP contribution in [-0.4, -0.2) is 48.9 Å². The van der Waals surface area contributed by atoms with Crippen molar-refractivity contribution in [3.63, 3.8) is 0 Å². The molecule has 1 saturated carbocycles. The number of nitrogens with one attached hydrogen (secondary N) is 2. The SMILES string of the molecule is CN=C(NCCN1C(=O)C2C3C=CC(C3)C2C1=O)NCc1ccc(OC(C)C)cc1. The van der Waals surface area contributed by atoms with Crippen LogP contribution in [0.25, 0.3) is 0 Å². The van der Waals surface area contributed by atoms with E-state index >= 15 is 0 Å². The van der Waals surface area contributed by atoms with Gasteiger partial charge in [-0.2, -0.15) is 0 Å². The summed E-state index contributed by atoms with van der Waals surface area (Å²) < 4.78 is 5.66. The molecule has 0 spiro atoms. The minimum Gasteiger partial charge on any atom is -0.491 e. The normalized spacial score (nSPS) is 27.2. The van der Waals surface area contributed by atoms with E-state index in [4.69, 9.17) is 4.74 Å². The van der Waals surface area contributed by atoms with Gasteiger partial charge in [0.15, 0.2) is 5.96 Å². The zero-order valence-corrected chi connectivity index (χ0v) is 17.8. The maximum absolute atomic E-state index is 12.7. The number of guanidine groups is 1. The first kappa shape index (κ1) is 20.4. The molecule has 7 heteroatoms. The molecule has 2 amide bonds. The molecule has 4 rings (SSSR count). The summed E-state index contributed by atoms with van der Waals surface area (Å²) in [7, 11) is 1.70. The van der Waals surface area contributed by atoms with Gasteiger partial charge >= 0.3 is 0 Å². The second kappa shape index (κ2) is 8.50. The summed E-state index contributed by atoms with van der Waals surface area (Å²) in [4.78, 5) is 31.1. The average Bonchev–Trinajstić information content (AvgIpc) is 3.40. The van der Waals surface area contributed by atoms with E-state index in [9.17, 15) is 9.59 Å². The molecule has 2 N–H and O–H groups in total. The smallest absolute Gasteiger partial charge is 0.233 e. The number of rotatable bonds is 7. The Hall–Kier alpha value is -2.83. The summed E-state index contributed by atoms with van der Waals surface area (Å²) in [5, 5.41) is 6.46. The summed E-state index contributed by atoms with van der Waals surface area (Å²) in [5.74, 6) is 1.72. The van der Waals surface area contributed by atoms with E-state index in [1.807, 2.05) is 38.1 Å². The summed E-state index contributed by atoms with van der Waals surface area (Å²) in [5.41, 5.74) is 1.11. The van der Waals surface area contributed by atoms with Gasteiger partial charge in [-0.15, -0.1) is 0 Å². The first-order chi connectivity index (χ1) is 14.5. The highest BCUT2D eigenvalue weighted by Gasteiger charge is 2.58. The molecule has 2 bridgehead atoms. The van der Waals surface area contributed by atoms with Crippen molar-refractivity contribution in [1.82, 2.24) is 15.5 Å². The molecule has 1 aromatic carbocycles. The first-order valence-corrected chi connectivity index (χ1v) is 10.7.